The minimum absolute atomic E-state index is 0.0466. The number of rotatable bonds is 5. The van der Waals surface area contributed by atoms with E-state index in [1.807, 2.05) is 30.3 Å². The molecule has 1 atom stereocenters. The molecule has 0 bridgehead atoms. The molecule has 0 aromatic heterocycles. The van der Waals surface area contributed by atoms with Crippen molar-refractivity contribution in [3.8, 4) is 5.75 Å². The summed E-state index contributed by atoms with van der Waals surface area (Å²) < 4.78 is 0. The van der Waals surface area contributed by atoms with E-state index < -0.39 is 6.10 Å². The Kier molecular flexibility index (Phi) is 4.74. The SMILES string of the molecule is C=CC(=O)NCc1cc(O)cc(C(O)c2ccccc2)c1. The van der Waals surface area contributed by atoms with Crippen molar-refractivity contribution in [3.63, 3.8) is 0 Å². The van der Waals surface area contributed by atoms with Gasteiger partial charge in [0.05, 0.1) is 0 Å². The smallest absolute Gasteiger partial charge is 0.243 e. The van der Waals surface area contributed by atoms with Gasteiger partial charge >= 0.3 is 0 Å². The lowest BCUT2D eigenvalue weighted by Crippen LogP contribution is -2.20. The van der Waals surface area contributed by atoms with Gasteiger partial charge in [0.25, 0.3) is 0 Å². The van der Waals surface area contributed by atoms with Crippen LogP contribution in [-0.2, 0) is 11.3 Å². The highest BCUT2D eigenvalue weighted by Crippen LogP contribution is 2.26. The number of nitrogens with one attached hydrogen (secondary N) is 1. The Morgan fingerprint density at radius 3 is 2.57 bits per heavy atom. The number of phenols is 1. The van der Waals surface area contributed by atoms with Crippen molar-refractivity contribution < 1.29 is 15.0 Å². The van der Waals surface area contributed by atoms with Gasteiger partial charge in [-0.3, -0.25) is 4.79 Å². The Hall–Kier alpha value is -2.59. The number of benzene rings is 2. The van der Waals surface area contributed by atoms with Crippen LogP contribution in [0.5, 0.6) is 5.75 Å². The Bertz CT molecular complexity index is 638. The summed E-state index contributed by atoms with van der Waals surface area (Å²) in [5.74, 6) is -0.242. The maximum atomic E-state index is 11.2. The summed E-state index contributed by atoms with van der Waals surface area (Å²) in [7, 11) is 0. The number of aliphatic hydroxyl groups is 1. The van der Waals surface area contributed by atoms with Gasteiger partial charge in [0.2, 0.25) is 5.91 Å². The molecule has 0 fully saturated rings. The first-order chi connectivity index (χ1) is 10.1. The van der Waals surface area contributed by atoms with Gasteiger partial charge < -0.3 is 15.5 Å². The first-order valence-corrected chi connectivity index (χ1v) is 6.56. The summed E-state index contributed by atoms with van der Waals surface area (Å²) in [5, 5.41) is 22.7. The van der Waals surface area contributed by atoms with E-state index in [-0.39, 0.29) is 18.2 Å². The molecule has 0 spiro atoms. The second kappa shape index (κ2) is 6.72. The van der Waals surface area contributed by atoms with E-state index in [4.69, 9.17) is 0 Å². The Morgan fingerprint density at radius 1 is 1.19 bits per heavy atom. The Balaban J connectivity index is 2.22. The Morgan fingerprint density at radius 2 is 1.90 bits per heavy atom. The van der Waals surface area contributed by atoms with Crippen LogP contribution in [0.1, 0.15) is 22.8 Å². The van der Waals surface area contributed by atoms with Crippen LogP contribution in [0.15, 0.2) is 61.2 Å². The fourth-order valence-electron chi connectivity index (χ4n) is 2.05. The molecule has 1 unspecified atom stereocenters. The van der Waals surface area contributed by atoms with Crippen molar-refractivity contribution in [3.05, 3.63) is 77.9 Å². The van der Waals surface area contributed by atoms with Crippen LogP contribution in [0.3, 0.4) is 0 Å². The topological polar surface area (TPSA) is 69.6 Å². The molecule has 2 aromatic rings. The van der Waals surface area contributed by atoms with Gasteiger partial charge in [0.1, 0.15) is 11.9 Å². The molecule has 0 aliphatic carbocycles. The minimum Gasteiger partial charge on any atom is -0.508 e. The molecule has 1 amide bonds. The third-order valence-corrected chi connectivity index (χ3v) is 3.08. The van der Waals surface area contributed by atoms with E-state index in [1.165, 1.54) is 12.1 Å². The second-order valence-electron chi connectivity index (χ2n) is 4.67. The van der Waals surface area contributed by atoms with Crippen LogP contribution < -0.4 is 5.32 Å². The molecular formula is C17H17NO3. The molecule has 3 N–H and O–H groups in total. The third kappa shape index (κ3) is 3.94. The monoisotopic (exact) mass is 283 g/mol. The molecule has 2 rings (SSSR count). The van der Waals surface area contributed by atoms with Crippen LogP contribution in [0.4, 0.5) is 0 Å². The van der Waals surface area contributed by atoms with Crippen LogP contribution in [0.25, 0.3) is 0 Å². The zero-order valence-corrected chi connectivity index (χ0v) is 11.5. The predicted molar refractivity (Wildman–Crippen MR) is 80.7 cm³/mol. The van der Waals surface area contributed by atoms with Gasteiger partial charge in [-0.25, -0.2) is 0 Å². The van der Waals surface area contributed by atoms with Gasteiger partial charge in [-0.05, 0) is 34.9 Å². The van der Waals surface area contributed by atoms with E-state index >= 15 is 0 Å². The normalized spacial score (nSPS) is 11.7. The van der Waals surface area contributed by atoms with Crippen molar-refractivity contribution in [2.45, 2.75) is 12.6 Å². The lowest BCUT2D eigenvalue weighted by Gasteiger charge is -2.14. The lowest BCUT2D eigenvalue weighted by atomic mass is 9.99. The van der Waals surface area contributed by atoms with E-state index in [1.54, 1.807) is 12.1 Å². The van der Waals surface area contributed by atoms with Gasteiger partial charge in [-0.2, -0.15) is 0 Å². The van der Waals surface area contributed by atoms with Crippen molar-refractivity contribution in [2.75, 3.05) is 0 Å². The number of carbonyl (C=O) groups is 1. The maximum Gasteiger partial charge on any atom is 0.243 e. The number of aliphatic hydroxyl groups excluding tert-OH is 1. The van der Waals surface area contributed by atoms with Crippen molar-refractivity contribution in [1.82, 2.24) is 5.32 Å². The fraction of sp³-hybridized carbons (Fsp3) is 0.118. The predicted octanol–water partition coefficient (Wildman–Crippen LogP) is 2.28. The highest BCUT2D eigenvalue weighted by atomic mass is 16.3. The third-order valence-electron chi connectivity index (χ3n) is 3.08. The second-order valence-corrected chi connectivity index (χ2v) is 4.67. The number of amides is 1. The zero-order valence-electron chi connectivity index (χ0n) is 11.5. The van der Waals surface area contributed by atoms with E-state index in [2.05, 4.69) is 11.9 Å². The maximum absolute atomic E-state index is 11.2. The van der Waals surface area contributed by atoms with E-state index in [9.17, 15) is 15.0 Å². The first kappa shape index (κ1) is 14.8. The van der Waals surface area contributed by atoms with Gasteiger partial charge in [0.15, 0.2) is 0 Å². The van der Waals surface area contributed by atoms with Crippen LogP contribution in [-0.4, -0.2) is 16.1 Å². The summed E-state index contributed by atoms with van der Waals surface area (Å²) in [6, 6.07) is 14.0. The van der Waals surface area contributed by atoms with Crippen molar-refractivity contribution in [1.29, 1.82) is 0 Å². The molecule has 4 nitrogen and oxygen atoms in total. The fourth-order valence-corrected chi connectivity index (χ4v) is 2.05. The van der Waals surface area contributed by atoms with Crippen LogP contribution in [0, 0.1) is 0 Å². The minimum atomic E-state index is -0.827. The number of aromatic hydroxyl groups is 1. The van der Waals surface area contributed by atoms with Gasteiger partial charge in [-0.15, -0.1) is 0 Å². The number of carbonyl (C=O) groups excluding carboxylic acids is 1. The zero-order chi connectivity index (χ0) is 15.2. The summed E-state index contributed by atoms with van der Waals surface area (Å²) in [6.07, 6.45) is 0.356. The largest absolute Gasteiger partial charge is 0.508 e. The average molecular weight is 283 g/mol. The molecule has 0 saturated heterocycles. The molecule has 4 heteroatoms. The van der Waals surface area contributed by atoms with Crippen LogP contribution >= 0.6 is 0 Å². The number of hydrogen-bond donors (Lipinski definition) is 3. The Labute approximate surface area is 123 Å². The summed E-state index contributed by atoms with van der Waals surface area (Å²) >= 11 is 0. The van der Waals surface area contributed by atoms with Crippen LogP contribution in [0.2, 0.25) is 0 Å². The molecule has 0 aliphatic rings. The lowest BCUT2D eigenvalue weighted by molar-refractivity contribution is -0.116. The highest BCUT2D eigenvalue weighted by molar-refractivity contribution is 5.86. The van der Waals surface area contributed by atoms with E-state index in [0.717, 1.165) is 5.56 Å². The van der Waals surface area contributed by atoms with Crippen molar-refractivity contribution >= 4 is 5.91 Å². The number of phenolic OH excluding ortho intramolecular Hbond substituents is 1. The first-order valence-electron chi connectivity index (χ1n) is 6.56. The molecule has 2 aromatic carbocycles. The molecule has 0 radical (unpaired) electrons. The highest BCUT2D eigenvalue weighted by Gasteiger charge is 2.12. The quantitative estimate of drug-likeness (QED) is 0.737. The summed E-state index contributed by atoms with van der Waals surface area (Å²) in [6.45, 7) is 3.63. The van der Waals surface area contributed by atoms with Crippen molar-refractivity contribution in [2.24, 2.45) is 0 Å². The summed E-state index contributed by atoms with van der Waals surface area (Å²) in [4.78, 5) is 11.2. The molecule has 21 heavy (non-hydrogen) atoms. The number of hydrogen-bond acceptors (Lipinski definition) is 3. The molecule has 0 aliphatic heterocycles. The van der Waals surface area contributed by atoms with Gasteiger partial charge in [-0.1, -0.05) is 43.0 Å². The summed E-state index contributed by atoms with van der Waals surface area (Å²) in [5.41, 5.74) is 2.02. The molecule has 108 valence electrons. The standard InChI is InChI=1S/C17H17NO3/c1-2-16(20)18-11-12-8-14(10-15(19)9-12)17(21)13-6-4-3-5-7-13/h2-10,17,19,21H,1,11H2,(H,18,20). The molecule has 0 saturated carbocycles. The molecular weight excluding hydrogens is 266 g/mol. The average Bonchev–Trinajstić information content (AvgIpc) is 2.52. The van der Waals surface area contributed by atoms with Gasteiger partial charge in [0, 0.05) is 6.54 Å². The molecule has 0 heterocycles. The van der Waals surface area contributed by atoms with E-state index in [0.29, 0.717) is 11.1 Å².